The van der Waals surface area contributed by atoms with E-state index in [0.29, 0.717) is 0 Å². The first-order valence-electron chi connectivity index (χ1n) is 9.14. The average Bonchev–Trinajstić information content (AvgIpc) is 2.68. The number of carboxylic acids is 1. The lowest BCUT2D eigenvalue weighted by Gasteiger charge is -2.46. The highest BCUT2D eigenvalue weighted by atomic mass is 32.3. The lowest BCUT2D eigenvalue weighted by atomic mass is 9.96. The highest BCUT2D eigenvalue weighted by Crippen LogP contribution is 2.31. The first-order chi connectivity index (χ1) is 16.2. The molecule has 2 aliphatic heterocycles. The summed E-state index contributed by atoms with van der Waals surface area (Å²) in [6.45, 7) is -1.29. The van der Waals surface area contributed by atoms with Crippen LogP contribution in [0.1, 0.15) is 0 Å². The highest BCUT2D eigenvalue weighted by molar-refractivity contribution is 7.83. The molecule has 21 nitrogen and oxygen atoms in total. The number of carbonyl (C=O) groups is 1. The van der Waals surface area contributed by atoms with Gasteiger partial charge in [-0.1, -0.05) is 0 Å². The third-order valence-electron chi connectivity index (χ3n) is 4.67. The minimum atomic E-state index is -5.47. The summed E-state index contributed by atoms with van der Waals surface area (Å²) in [5.74, 6) is -1.94. The quantitative estimate of drug-likeness (QED) is 0.106. The van der Waals surface area contributed by atoms with E-state index in [2.05, 4.69) is 8.37 Å². The van der Waals surface area contributed by atoms with Crippen molar-refractivity contribution in [3.8, 4) is 0 Å². The fraction of sp³-hybridized carbons (Fsp3) is 0.917. The van der Waals surface area contributed by atoms with Gasteiger partial charge in [0, 0.05) is 0 Å². The lowest BCUT2D eigenvalue weighted by molar-refractivity contribution is -0.336. The van der Waals surface area contributed by atoms with Gasteiger partial charge in [-0.05, 0) is 0 Å². The van der Waals surface area contributed by atoms with Gasteiger partial charge in [-0.2, -0.15) is 30.0 Å². The SMILES string of the molecule is O=C(O)[C@@H]1O[C@@H](O[C@H]2[C@H](O)[C@@H](NS(=O)(=O)O)C(O)O[C@@H]2COS(=O)(=O)O)[C@H](OS(=O)(=O)O)[C@@H](O)[C@@H]1O. The molecule has 0 bridgehead atoms. The summed E-state index contributed by atoms with van der Waals surface area (Å²) in [6, 6.07) is -2.19. The van der Waals surface area contributed by atoms with Gasteiger partial charge in [0.1, 0.15) is 36.6 Å². The number of ether oxygens (including phenoxy) is 3. The summed E-state index contributed by atoms with van der Waals surface area (Å²) < 4.78 is 118. The van der Waals surface area contributed by atoms with Crippen molar-refractivity contribution in [3.63, 3.8) is 0 Å². The third-order valence-corrected chi connectivity index (χ3v) is 6.14. The van der Waals surface area contributed by atoms with Crippen LogP contribution in [-0.4, -0.2) is 138 Å². The maximum atomic E-state index is 11.3. The van der Waals surface area contributed by atoms with Gasteiger partial charge in [0.25, 0.3) is 0 Å². The van der Waals surface area contributed by atoms with Crippen molar-refractivity contribution < 1.29 is 91.8 Å². The number of aliphatic hydroxyl groups is 4. The van der Waals surface area contributed by atoms with Crippen LogP contribution in [0.4, 0.5) is 0 Å². The van der Waals surface area contributed by atoms with Crippen molar-refractivity contribution in [2.24, 2.45) is 0 Å². The second-order valence-electron chi connectivity index (χ2n) is 7.22. The molecule has 10 atom stereocenters. The topological polar surface area (TPSA) is 340 Å². The molecule has 0 spiro atoms. The molecule has 0 radical (unpaired) electrons. The summed E-state index contributed by atoms with van der Waals surface area (Å²) in [7, 11) is -15.8. The minimum absolute atomic E-state index is 1.29. The molecule has 0 amide bonds. The molecular weight excluding hydrogens is 574 g/mol. The van der Waals surface area contributed by atoms with Crippen LogP contribution in [0.2, 0.25) is 0 Å². The first kappa shape index (κ1) is 31.0. The lowest BCUT2D eigenvalue weighted by Crippen LogP contribution is -2.67. The van der Waals surface area contributed by atoms with Crippen LogP contribution in [0.25, 0.3) is 0 Å². The standard InChI is InChI=1S/C12H21NO20S3/c14-4-3(13-34(20,21)22)11(19)30-2(1-29-35(23,24)25)7(4)31-12-9(33-36(26,27)28)6(16)5(15)8(32-12)10(17)18/h2-9,11-16,19H,1H2,(H,17,18)(H,20,21,22)(H,23,24,25)(H,26,27,28)/t2-,3-,4-,5+,6+,7-,8-,9-,11?,12-/m1/s1. The molecule has 2 aliphatic rings. The molecule has 0 aromatic carbocycles. The van der Waals surface area contributed by atoms with Gasteiger partial charge < -0.3 is 39.7 Å². The Hall–Kier alpha value is -1.20. The van der Waals surface area contributed by atoms with Gasteiger partial charge in [0.05, 0.1) is 6.61 Å². The van der Waals surface area contributed by atoms with Crippen LogP contribution in [0, 0.1) is 0 Å². The average molecular weight is 595 g/mol. The number of hydrogen-bond donors (Lipinski definition) is 9. The second-order valence-corrected chi connectivity index (χ2v) is 10.5. The van der Waals surface area contributed by atoms with Crippen LogP contribution in [0.3, 0.4) is 0 Å². The number of hydrogen-bond acceptors (Lipinski definition) is 16. The summed E-state index contributed by atoms with van der Waals surface area (Å²) in [4.78, 5) is 11.3. The van der Waals surface area contributed by atoms with Crippen molar-refractivity contribution in [1.29, 1.82) is 0 Å². The number of aliphatic hydroxyl groups excluding tert-OH is 4. The van der Waals surface area contributed by atoms with Gasteiger partial charge in [0.2, 0.25) is 0 Å². The molecule has 0 aliphatic carbocycles. The molecule has 2 saturated heterocycles. The van der Waals surface area contributed by atoms with E-state index in [0.717, 1.165) is 0 Å². The molecule has 0 aromatic rings. The van der Waals surface area contributed by atoms with Crippen molar-refractivity contribution in [2.75, 3.05) is 6.61 Å². The molecular formula is C12H21NO20S3. The van der Waals surface area contributed by atoms with Crippen LogP contribution < -0.4 is 4.72 Å². The minimum Gasteiger partial charge on any atom is -0.479 e. The summed E-state index contributed by atoms with van der Waals surface area (Å²) >= 11 is 0. The second kappa shape index (κ2) is 11.3. The molecule has 0 aromatic heterocycles. The number of nitrogens with one attached hydrogen (secondary N) is 1. The van der Waals surface area contributed by atoms with Crippen molar-refractivity contribution in [1.82, 2.24) is 4.72 Å². The third kappa shape index (κ3) is 8.41. The largest absolute Gasteiger partial charge is 0.479 e. The van der Waals surface area contributed by atoms with Gasteiger partial charge in [-0.25, -0.2) is 13.2 Å². The van der Waals surface area contributed by atoms with E-state index in [1.165, 1.54) is 4.72 Å². The number of rotatable bonds is 10. The maximum absolute atomic E-state index is 11.3. The Morgan fingerprint density at radius 1 is 0.833 bits per heavy atom. The Morgan fingerprint density at radius 3 is 1.89 bits per heavy atom. The molecule has 2 rings (SSSR count). The first-order valence-corrected chi connectivity index (χ1v) is 13.3. The molecule has 1 unspecified atom stereocenters. The monoisotopic (exact) mass is 595 g/mol. The van der Waals surface area contributed by atoms with Gasteiger partial charge >= 0.3 is 37.1 Å². The zero-order valence-electron chi connectivity index (χ0n) is 17.2. The van der Waals surface area contributed by atoms with Crippen molar-refractivity contribution in [3.05, 3.63) is 0 Å². The molecule has 0 saturated carbocycles. The Bertz CT molecular complexity index is 1100. The predicted octanol–water partition coefficient (Wildman–Crippen LogP) is -6.25. The van der Waals surface area contributed by atoms with Crippen LogP contribution in [-0.2, 0) is 58.5 Å². The van der Waals surface area contributed by atoms with Crippen LogP contribution >= 0.6 is 0 Å². The zero-order chi connectivity index (χ0) is 27.8. The van der Waals surface area contributed by atoms with Crippen LogP contribution in [0.5, 0.6) is 0 Å². The van der Waals surface area contributed by atoms with Gasteiger partial charge in [-0.15, -0.1) is 0 Å². The molecule has 24 heteroatoms. The summed E-state index contributed by atoms with van der Waals surface area (Å²) in [5, 5.41) is 49.7. The van der Waals surface area contributed by atoms with E-state index in [1.807, 2.05) is 0 Å². The van der Waals surface area contributed by atoms with Crippen molar-refractivity contribution in [2.45, 2.75) is 61.3 Å². The fourth-order valence-corrected chi connectivity index (χ4v) is 4.63. The Labute approximate surface area is 201 Å². The Morgan fingerprint density at radius 2 is 1.42 bits per heavy atom. The van der Waals surface area contributed by atoms with Crippen LogP contribution in [0.15, 0.2) is 0 Å². The van der Waals surface area contributed by atoms with Crippen molar-refractivity contribution >= 4 is 37.1 Å². The van der Waals surface area contributed by atoms with E-state index in [-0.39, 0.29) is 0 Å². The highest BCUT2D eigenvalue weighted by Gasteiger charge is 2.54. The molecule has 2 fully saturated rings. The Balaban J connectivity index is 2.46. The van der Waals surface area contributed by atoms with E-state index >= 15 is 0 Å². The van der Waals surface area contributed by atoms with E-state index in [9.17, 15) is 50.5 Å². The van der Waals surface area contributed by atoms with Gasteiger partial charge in [0.15, 0.2) is 24.8 Å². The zero-order valence-corrected chi connectivity index (χ0v) is 19.6. The molecule has 36 heavy (non-hydrogen) atoms. The molecule has 2 heterocycles. The fourth-order valence-electron chi connectivity index (χ4n) is 3.24. The van der Waals surface area contributed by atoms with E-state index in [1.54, 1.807) is 0 Å². The van der Waals surface area contributed by atoms with E-state index in [4.69, 9.17) is 33.0 Å². The Kier molecular flexibility index (Phi) is 9.71. The molecule has 212 valence electrons. The van der Waals surface area contributed by atoms with E-state index < -0.39 is 105 Å². The normalized spacial score (nSPS) is 38.5. The summed E-state index contributed by atoms with van der Waals surface area (Å²) in [5.41, 5.74) is 0. The smallest absolute Gasteiger partial charge is 0.397 e. The predicted molar refractivity (Wildman–Crippen MR) is 102 cm³/mol. The maximum Gasteiger partial charge on any atom is 0.397 e. The number of aliphatic carboxylic acids is 1. The van der Waals surface area contributed by atoms with Gasteiger partial charge in [-0.3, -0.25) is 13.7 Å². The number of carboxylic acid groups (broad SMARTS) is 1. The summed E-state index contributed by atoms with van der Waals surface area (Å²) in [6.07, 6.45) is -21.1. The molecule has 9 N–H and O–H groups in total.